The molecule has 0 radical (unpaired) electrons. The van der Waals surface area contributed by atoms with E-state index >= 15 is 0 Å². The Kier molecular flexibility index (Phi) is 4.32. The minimum atomic E-state index is -0.507. The van der Waals surface area contributed by atoms with E-state index in [-0.39, 0.29) is 6.61 Å². The summed E-state index contributed by atoms with van der Waals surface area (Å²) >= 11 is 0. The summed E-state index contributed by atoms with van der Waals surface area (Å²) in [5.41, 5.74) is 6.58. The molecule has 0 atom stereocenters. The highest BCUT2D eigenvalue weighted by molar-refractivity contribution is 5.83. The van der Waals surface area contributed by atoms with Crippen LogP contribution in [0.5, 0.6) is 5.75 Å². The fraction of sp³-hybridized carbons (Fsp3) is 0.273. The van der Waals surface area contributed by atoms with Crippen LogP contribution in [0.3, 0.4) is 0 Å². The van der Waals surface area contributed by atoms with Gasteiger partial charge in [0, 0.05) is 6.42 Å². The first-order valence-corrected chi connectivity index (χ1v) is 4.79. The van der Waals surface area contributed by atoms with Gasteiger partial charge in [0.15, 0.2) is 6.61 Å². The number of rotatable bonds is 5. The van der Waals surface area contributed by atoms with Crippen molar-refractivity contribution in [2.75, 3.05) is 6.61 Å². The number of ether oxygens (including phenoxy) is 1. The molecule has 1 aromatic carbocycles. The van der Waals surface area contributed by atoms with E-state index in [4.69, 9.17) is 15.7 Å². The molecule has 1 rings (SSSR count). The number of hydrogen-bond donors (Lipinski definition) is 2. The smallest absolute Gasteiger partial charge is 0.255 e. The van der Waals surface area contributed by atoms with Gasteiger partial charge in [-0.2, -0.15) is 0 Å². The van der Waals surface area contributed by atoms with Crippen molar-refractivity contribution in [2.45, 2.75) is 13.3 Å². The number of carbonyl (C=O) groups is 1. The lowest BCUT2D eigenvalue weighted by Crippen LogP contribution is -2.19. The first-order valence-electron chi connectivity index (χ1n) is 4.79. The number of nitrogens with two attached hydrogens (primary N) is 1. The van der Waals surface area contributed by atoms with Gasteiger partial charge in [-0.1, -0.05) is 17.3 Å². The highest BCUT2D eigenvalue weighted by Gasteiger charge is 1.99. The van der Waals surface area contributed by atoms with Crippen LogP contribution in [0, 0.1) is 0 Å². The van der Waals surface area contributed by atoms with Crippen molar-refractivity contribution in [2.24, 2.45) is 10.9 Å². The molecule has 86 valence electrons. The second-order valence-electron chi connectivity index (χ2n) is 3.41. The molecule has 0 unspecified atom stereocenters. The van der Waals surface area contributed by atoms with Gasteiger partial charge in [0.1, 0.15) is 5.75 Å². The Labute approximate surface area is 93.5 Å². The fourth-order valence-corrected chi connectivity index (χ4v) is 1.19. The highest BCUT2D eigenvalue weighted by atomic mass is 16.5. The zero-order chi connectivity index (χ0) is 12.0. The molecule has 1 amide bonds. The van der Waals surface area contributed by atoms with Gasteiger partial charge in [0.25, 0.3) is 5.91 Å². The molecule has 0 heterocycles. The maximum absolute atomic E-state index is 10.5. The zero-order valence-electron chi connectivity index (χ0n) is 9.01. The lowest BCUT2D eigenvalue weighted by Gasteiger charge is -2.04. The number of benzene rings is 1. The van der Waals surface area contributed by atoms with Gasteiger partial charge in [-0.15, -0.1) is 0 Å². The minimum Gasteiger partial charge on any atom is -0.484 e. The Hall–Kier alpha value is -2.04. The Morgan fingerprint density at radius 3 is 2.56 bits per heavy atom. The summed E-state index contributed by atoms with van der Waals surface area (Å²) in [6.07, 6.45) is 0.576. The molecule has 0 spiro atoms. The van der Waals surface area contributed by atoms with E-state index in [2.05, 4.69) is 5.16 Å². The molecule has 0 saturated heterocycles. The summed E-state index contributed by atoms with van der Waals surface area (Å²) in [7, 11) is 0. The topological polar surface area (TPSA) is 84.9 Å². The standard InChI is InChI=1S/C11H14N2O3/c1-8(13-15)6-9-2-4-10(5-3-9)16-7-11(12)14/h2-5,15H,6-7H2,1H3,(H2,12,14)/b13-8-. The van der Waals surface area contributed by atoms with Gasteiger partial charge >= 0.3 is 0 Å². The molecule has 0 aromatic heterocycles. The van der Waals surface area contributed by atoms with Crippen LogP contribution >= 0.6 is 0 Å². The van der Waals surface area contributed by atoms with Crippen molar-refractivity contribution < 1.29 is 14.7 Å². The van der Waals surface area contributed by atoms with E-state index in [9.17, 15) is 4.79 Å². The van der Waals surface area contributed by atoms with Crippen LogP contribution < -0.4 is 10.5 Å². The van der Waals surface area contributed by atoms with Crippen LogP contribution in [-0.2, 0) is 11.2 Å². The van der Waals surface area contributed by atoms with Crippen LogP contribution in [0.2, 0.25) is 0 Å². The second-order valence-corrected chi connectivity index (χ2v) is 3.41. The average molecular weight is 222 g/mol. The number of amides is 1. The molecule has 5 nitrogen and oxygen atoms in total. The molecule has 3 N–H and O–H groups in total. The van der Waals surface area contributed by atoms with E-state index in [1.54, 1.807) is 19.1 Å². The van der Waals surface area contributed by atoms with Gasteiger partial charge in [-0.3, -0.25) is 4.79 Å². The van der Waals surface area contributed by atoms with Gasteiger partial charge in [-0.25, -0.2) is 0 Å². The maximum atomic E-state index is 10.5. The normalized spacial score (nSPS) is 11.2. The quantitative estimate of drug-likeness (QED) is 0.441. The van der Waals surface area contributed by atoms with E-state index in [0.717, 1.165) is 5.56 Å². The molecular formula is C11H14N2O3. The lowest BCUT2D eigenvalue weighted by atomic mass is 10.1. The Bertz CT molecular complexity index is 385. The minimum absolute atomic E-state index is 0.128. The monoisotopic (exact) mass is 222 g/mol. The highest BCUT2D eigenvalue weighted by Crippen LogP contribution is 2.12. The third kappa shape index (κ3) is 4.00. The molecule has 0 fully saturated rings. The van der Waals surface area contributed by atoms with Crippen LogP contribution in [0.4, 0.5) is 0 Å². The summed E-state index contributed by atoms with van der Waals surface area (Å²) in [5.74, 6) is 0.0773. The maximum Gasteiger partial charge on any atom is 0.255 e. The van der Waals surface area contributed by atoms with Crippen molar-refractivity contribution in [3.63, 3.8) is 0 Å². The molecular weight excluding hydrogens is 208 g/mol. The summed E-state index contributed by atoms with van der Waals surface area (Å²) in [4.78, 5) is 10.5. The number of hydrogen-bond acceptors (Lipinski definition) is 4. The lowest BCUT2D eigenvalue weighted by molar-refractivity contribution is -0.119. The Morgan fingerprint density at radius 1 is 1.44 bits per heavy atom. The summed E-state index contributed by atoms with van der Waals surface area (Å²) in [6.45, 7) is 1.61. The van der Waals surface area contributed by atoms with Gasteiger partial charge < -0.3 is 15.7 Å². The largest absolute Gasteiger partial charge is 0.484 e. The first-order chi connectivity index (χ1) is 7.61. The summed E-state index contributed by atoms with van der Waals surface area (Å²) in [6, 6.07) is 7.15. The molecule has 0 bridgehead atoms. The number of carbonyl (C=O) groups excluding carboxylic acids is 1. The predicted molar refractivity (Wildman–Crippen MR) is 59.7 cm³/mol. The van der Waals surface area contributed by atoms with Crippen molar-refractivity contribution in [3.05, 3.63) is 29.8 Å². The van der Waals surface area contributed by atoms with E-state index in [1.165, 1.54) is 0 Å². The van der Waals surface area contributed by atoms with Crippen molar-refractivity contribution >= 4 is 11.6 Å². The van der Waals surface area contributed by atoms with Crippen LogP contribution in [0.25, 0.3) is 0 Å². The molecule has 16 heavy (non-hydrogen) atoms. The fourth-order valence-electron chi connectivity index (χ4n) is 1.19. The molecule has 0 saturated carbocycles. The zero-order valence-corrected chi connectivity index (χ0v) is 9.01. The van der Waals surface area contributed by atoms with Gasteiger partial charge in [-0.05, 0) is 24.6 Å². The van der Waals surface area contributed by atoms with Crippen molar-refractivity contribution in [1.82, 2.24) is 0 Å². The van der Waals surface area contributed by atoms with Crippen molar-refractivity contribution in [1.29, 1.82) is 0 Å². The number of primary amides is 1. The van der Waals surface area contributed by atoms with E-state index < -0.39 is 5.91 Å². The van der Waals surface area contributed by atoms with E-state index in [0.29, 0.717) is 17.9 Å². The second kappa shape index (κ2) is 5.75. The molecule has 5 heteroatoms. The Morgan fingerprint density at radius 2 is 2.06 bits per heavy atom. The van der Waals surface area contributed by atoms with Crippen LogP contribution in [0.1, 0.15) is 12.5 Å². The van der Waals surface area contributed by atoms with Gasteiger partial charge in [0.2, 0.25) is 0 Å². The van der Waals surface area contributed by atoms with Crippen LogP contribution in [-0.4, -0.2) is 23.4 Å². The first kappa shape index (κ1) is 12.0. The number of oxime groups is 1. The number of nitrogens with zero attached hydrogens (tertiary/aromatic N) is 1. The third-order valence-corrected chi connectivity index (χ3v) is 1.94. The SMILES string of the molecule is C/C(Cc1ccc(OCC(N)=O)cc1)=N/O. The van der Waals surface area contributed by atoms with E-state index in [1.807, 2.05) is 12.1 Å². The summed E-state index contributed by atoms with van der Waals surface area (Å²) in [5, 5.41) is 11.6. The molecule has 0 aliphatic rings. The predicted octanol–water partition coefficient (Wildman–Crippen LogP) is 0.943. The molecule has 1 aromatic rings. The molecule has 0 aliphatic heterocycles. The third-order valence-electron chi connectivity index (χ3n) is 1.94. The average Bonchev–Trinajstić information content (AvgIpc) is 2.28. The Balaban J connectivity index is 2.57. The van der Waals surface area contributed by atoms with Gasteiger partial charge in [0.05, 0.1) is 5.71 Å². The van der Waals surface area contributed by atoms with Crippen LogP contribution in [0.15, 0.2) is 29.4 Å². The van der Waals surface area contributed by atoms with Crippen molar-refractivity contribution in [3.8, 4) is 5.75 Å². The molecule has 0 aliphatic carbocycles. The summed E-state index contributed by atoms with van der Waals surface area (Å²) < 4.78 is 5.10.